The molecule has 3 aliphatic rings. The van der Waals surface area contributed by atoms with Crippen LogP contribution in [0.4, 0.5) is 29.3 Å². The number of esters is 1. The highest BCUT2D eigenvalue weighted by atomic mass is 19.4. The number of nitrogens with zero attached hydrogens (tertiary/aromatic N) is 1. The van der Waals surface area contributed by atoms with Crippen molar-refractivity contribution in [3.63, 3.8) is 0 Å². The number of H-pyrrole nitrogens is 1. The predicted octanol–water partition coefficient (Wildman–Crippen LogP) is 6.75. The van der Waals surface area contributed by atoms with Gasteiger partial charge in [0.1, 0.15) is 30.4 Å². The minimum absolute atomic E-state index is 0.0452. The fourth-order valence-electron chi connectivity index (χ4n) is 8.93. The number of morpholine rings is 1. The average molecular weight is 855 g/mol. The summed E-state index contributed by atoms with van der Waals surface area (Å²) in [4.78, 5) is 51.9. The molecule has 324 valence electrons. The number of carbonyl (C=O) groups excluding carboxylic acids is 3. The van der Waals surface area contributed by atoms with Gasteiger partial charge in [-0.05, 0) is 71.5 Å². The second-order valence-electron chi connectivity index (χ2n) is 16.6. The van der Waals surface area contributed by atoms with Crippen molar-refractivity contribution in [3.05, 3.63) is 124 Å². The number of alkyl halides is 3. The maximum atomic E-state index is 13.2. The van der Waals surface area contributed by atoms with Crippen LogP contribution in [0.15, 0.2) is 102 Å². The number of hydrogen-bond acceptors (Lipinski definition) is 9. The number of piperidine rings is 1. The first-order valence-corrected chi connectivity index (χ1v) is 20.5. The van der Waals surface area contributed by atoms with Crippen molar-refractivity contribution in [1.29, 1.82) is 0 Å². The van der Waals surface area contributed by atoms with Gasteiger partial charge in [0, 0.05) is 55.1 Å². The first-order valence-electron chi connectivity index (χ1n) is 20.5. The lowest BCUT2D eigenvalue weighted by atomic mass is 9.96. The van der Waals surface area contributed by atoms with E-state index in [2.05, 4.69) is 39.8 Å². The Balaban J connectivity index is 0.805. The lowest BCUT2D eigenvalue weighted by molar-refractivity contribution is -0.938. The van der Waals surface area contributed by atoms with E-state index in [4.69, 9.17) is 9.47 Å². The number of amides is 2. The lowest BCUT2D eigenvalue weighted by Gasteiger charge is -2.45. The minimum atomic E-state index is -5.24. The quantitative estimate of drug-likeness (QED) is 0.0351. The van der Waals surface area contributed by atoms with Crippen LogP contribution in [0.2, 0.25) is 0 Å². The monoisotopic (exact) mass is 854 g/mol. The Labute approximate surface area is 354 Å². The van der Waals surface area contributed by atoms with Crippen molar-refractivity contribution in [2.75, 3.05) is 31.3 Å². The van der Waals surface area contributed by atoms with Gasteiger partial charge in [0.2, 0.25) is 11.5 Å². The van der Waals surface area contributed by atoms with Crippen LogP contribution in [-0.4, -0.2) is 89.8 Å². The fraction of sp³-hybridized carbons (Fsp3) is 0.348. The molecule has 0 spiro atoms. The summed E-state index contributed by atoms with van der Waals surface area (Å²) in [6.07, 6.45) is -3.38. The molecule has 4 heterocycles. The Morgan fingerprint density at radius 3 is 2.32 bits per heavy atom. The van der Waals surface area contributed by atoms with Gasteiger partial charge < -0.3 is 39.4 Å². The zero-order chi connectivity index (χ0) is 43.8. The molecule has 13 nitrogen and oxygen atoms in total. The molecule has 6 atom stereocenters. The maximum absolute atomic E-state index is 13.2. The number of aliphatic hydroxyl groups is 1. The van der Waals surface area contributed by atoms with Gasteiger partial charge in [-0.2, -0.15) is 13.2 Å². The van der Waals surface area contributed by atoms with Crippen LogP contribution in [0.25, 0.3) is 22.0 Å². The zero-order valence-corrected chi connectivity index (χ0v) is 34.0. The van der Waals surface area contributed by atoms with E-state index < -0.39 is 35.7 Å². The number of rotatable bonds is 14. The van der Waals surface area contributed by atoms with Crippen molar-refractivity contribution >= 4 is 40.2 Å². The SMILES string of the molecule is C[N+]1(C)[C@@H]2CC(OC(=O)Nc3ccc(CCCC(=O)Nc4ccc(CNC[C@H](O)c5ccc(OC(=O)C(F)(F)F)c6[nH]c(=O)ccc56)cc4)cc3-c3ccccc3)C[C@H]1[C@@H]1O[C@@H]12. The van der Waals surface area contributed by atoms with Gasteiger partial charge >= 0.3 is 18.2 Å². The minimum Gasteiger partial charge on any atom is -0.445 e. The van der Waals surface area contributed by atoms with Gasteiger partial charge in [-0.1, -0.05) is 54.6 Å². The van der Waals surface area contributed by atoms with E-state index in [-0.39, 0.29) is 48.1 Å². The molecule has 4 aromatic carbocycles. The van der Waals surface area contributed by atoms with Crippen LogP contribution in [0.5, 0.6) is 5.75 Å². The van der Waals surface area contributed by atoms with E-state index in [9.17, 15) is 37.5 Å². The molecular weight excluding hydrogens is 808 g/mol. The molecule has 3 saturated heterocycles. The first-order chi connectivity index (χ1) is 29.6. The highest BCUT2D eigenvalue weighted by Gasteiger charge is 2.70. The summed E-state index contributed by atoms with van der Waals surface area (Å²) >= 11 is 0. The van der Waals surface area contributed by atoms with Crippen molar-refractivity contribution < 1.29 is 51.4 Å². The number of anilines is 2. The number of benzene rings is 4. The molecule has 2 amide bonds. The number of nitrogens with one attached hydrogen (secondary N) is 4. The lowest BCUT2D eigenvalue weighted by Crippen LogP contribution is -2.60. The van der Waals surface area contributed by atoms with Gasteiger partial charge in [0.25, 0.3) is 0 Å². The van der Waals surface area contributed by atoms with Crippen molar-refractivity contribution in [3.8, 4) is 16.9 Å². The van der Waals surface area contributed by atoms with E-state index in [1.54, 1.807) is 12.1 Å². The number of ether oxygens (including phenoxy) is 3. The number of aromatic amines is 1. The summed E-state index contributed by atoms with van der Waals surface area (Å²) in [5.41, 5.74) is 4.48. The molecule has 1 unspecified atom stereocenters. The van der Waals surface area contributed by atoms with Crippen LogP contribution >= 0.6 is 0 Å². The summed E-state index contributed by atoms with van der Waals surface area (Å²) in [5.74, 6) is -3.07. The summed E-state index contributed by atoms with van der Waals surface area (Å²) in [5, 5.41) is 20.2. The molecule has 1 aromatic heterocycles. The molecule has 3 aliphatic heterocycles. The number of carbonyl (C=O) groups is 3. The summed E-state index contributed by atoms with van der Waals surface area (Å²) in [6, 6.07) is 28.5. The topological polar surface area (TPSA) is 171 Å². The van der Waals surface area contributed by atoms with E-state index in [0.717, 1.165) is 51.7 Å². The standard InChI is InChI=1S/C46H46F3N5O8/c1-54(2)35-22-30(23-36(54)43-42(35)62-43)60-45(59)52-34-18-13-26(21-33(34)28-8-4-3-5-9-28)7-6-10-39(56)51-29-14-11-27(12-15-29)24-50-25-37(55)31-16-19-38(61-44(58)46(47,48)49)41-32(31)17-20-40(57)53-41/h3-5,8-9,11-21,30,35-37,42-43,50,55H,6-7,10,22-25H2,1-2H3,(H2-,51,52,53,56,57,59)/p+1/t30?,35-,36+,37-,42-,43+/m0/s1. The predicted molar refractivity (Wildman–Crippen MR) is 224 cm³/mol. The van der Waals surface area contributed by atoms with Crippen LogP contribution in [0.3, 0.4) is 0 Å². The number of aromatic nitrogens is 1. The Kier molecular flexibility index (Phi) is 11.9. The molecule has 8 rings (SSSR count). The summed E-state index contributed by atoms with van der Waals surface area (Å²) in [6.45, 7) is 0.390. The number of fused-ring (bicyclic) bond motifs is 6. The number of likely N-dealkylation sites (N-methyl/N-ethyl adjacent to an activating group) is 1. The molecule has 16 heteroatoms. The number of quaternary nitrogens is 1. The first kappa shape index (κ1) is 42.6. The number of epoxide rings is 1. The highest BCUT2D eigenvalue weighted by Crippen LogP contribution is 2.51. The molecule has 5 N–H and O–H groups in total. The second kappa shape index (κ2) is 17.4. The molecule has 0 aliphatic carbocycles. The molecule has 3 fully saturated rings. The normalized spacial score (nSPS) is 21.4. The van der Waals surface area contributed by atoms with E-state index >= 15 is 0 Å². The van der Waals surface area contributed by atoms with Crippen LogP contribution in [0.1, 0.15) is 48.5 Å². The molecular formula is C46H47F3N5O8+. The number of pyridine rings is 1. The van der Waals surface area contributed by atoms with Gasteiger partial charge in [0.15, 0.2) is 5.75 Å². The van der Waals surface area contributed by atoms with E-state index in [1.165, 1.54) is 12.1 Å². The smallest absolute Gasteiger partial charge is 0.445 e. The average Bonchev–Trinajstić information content (AvgIpc) is 4.01. The third kappa shape index (κ3) is 9.38. The summed E-state index contributed by atoms with van der Waals surface area (Å²) < 4.78 is 55.7. The second-order valence-corrected chi connectivity index (χ2v) is 16.6. The van der Waals surface area contributed by atoms with Crippen LogP contribution < -0.4 is 26.2 Å². The number of halogens is 3. The third-order valence-corrected chi connectivity index (χ3v) is 12.2. The molecule has 0 saturated carbocycles. The Morgan fingerprint density at radius 2 is 1.61 bits per heavy atom. The fourth-order valence-corrected chi connectivity index (χ4v) is 8.93. The van der Waals surface area contributed by atoms with Gasteiger partial charge in [-0.15, -0.1) is 0 Å². The zero-order valence-electron chi connectivity index (χ0n) is 34.0. The van der Waals surface area contributed by atoms with Crippen molar-refractivity contribution in [2.24, 2.45) is 0 Å². The van der Waals surface area contributed by atoms with Crippen molar-refractivity contribution in [1.82, 2.24) is 10.3 Å². The number of hydrogen-bond donors (Lipinski definition) is 5. The van der Waals surface area contributed by atoms with E-state index in [1.807, 2.05) is 60.7 Å². The molecule has 5 aromatic rings. The molecule has 0 radical (unpaired) electrons. The van der Waals surface area contributed by atoms with Gasteiger partial charge in [-0.25, -0.2) is 9.59 Å². The van der Waals surface area contributed by atoms with E-state index in [0.29, 0.717) is 48.4 Å². The largest absolute Gasteiger partial charge is 0.491 e. The molecule has 62 heavy (non-hydrogen) atoms. The third-order valence-electron chi connectivity index (χ3n) is 12.2. The van der Waals surface area contributed by atoms with Gasteiger partial charge in [-0.3, -0.25) is 14.9 Å². The van der Waals surface area contributed by atoms with Gasteiger partial charge in [0.05, 0.1) is 31.4 Å². The maximum Gasteiger partial charge on any atom is 0.491 e. The molecule has 2 bridgehead atoms. The number of aliphatic hydroxyl groups excluding tert-OH is 1. The van der Waals surface area contributed by atoms with Crippen LogP contribution in [0, 0.1) is 0 Å². The Bertz CT molecular complexity index is 2510. The number of aryl methyl sites for hydroxylation is 1. The summed E-state index contributed by atoms with van der Waals surface area (Å²) in [7, 11) is 4.48. The van der Waals surface area contributed by atoms with Crippen molar-refractivity contribution in [2.45, 2.75) is 81.3 Å². The Morgan fingerprint density at radius 1 is 0.903 bits per heavy atom. The Hall–Kier alpha value is -6.07. The van der Waals surface area contributed by atoms with Crippen LogP contribution in [-0.2, 0) is 32.0 Å². The highest BCUT2D eigenvalue weighted by molar-refractivity contribution is 5.93.